The highest BCUT2D eigenvalue weighted by molar-refractivity contribution is 7.89. The van der Waals surface area contributed by atoms with Crippen LogP contribution in [-0.4, -0.2) is 49.7 Å². The second-order valence-electron chi connectivity index (χ2n) is 8.10. The molecule has 144 valence electrons. The van der Waals surface area contributed by atoms with Gasteiger partial charge in [-0.15, -0.1) is 0 Å². The van der Waals surface area contributed by atoms with Gasteiger partial charge in [0, 0.05) is 31.7 Å². The van der Waals surface area contributed by atoms with Crippen molar-refractivity contribution < 1.29 is 13.2 Å². The molecule has 0 radical (unpaired) electrons. The second-order valence-corrected chi connectivity index (χ2v) is 10.0. The van der Waals surface area contributed by atoms with Crippen LogP contribution in [0.3, 0.4) is 0 Å². The van der Waals surface area contributed by atoms with E-state index in [1.165, 1.54) is 0 Å². The highest BCUT2D eigenvalue weighted by atomic mass is 32.2. The minimum absolute atomic E-state index is 0.0569. The van der Waals surface area contributed by atoms with E-state index < -0.39 is 10.0 Å². The third-order valence-corrected chi connectivity index (χ3v) is 7.56. The van der Waals surface area contributed by atoms with Crippen molar-refractivity contribution in [3.05, 3.63) is 29.3 Å². The summed E-state index contributed by atoms with van der Waals surface area (Å²) in [6.07, 6.45) is 4.02. The number of aryl methyl sites for hydroxylation is 1. The first kappa shape index (κ1) is 19.4. The van der Waals surface area contributed by atoms with Gasteiger partial charge < -0.3 is 4.90 Å². The fraction of sp³-hybridized carbons (Fsp3) is 0.650. The largest absolute Gasteiger partial charge is 0.338 e. The summed E-state index contributed by atoms with van der Waals surface area (Å²) in [5, 5.41) is 0. The molecule has 6 heteroatoms. The van der Waals surface area contributed by atoms with Crippen molar-refractivity contribution in [1.82, 2.24) is 9.21 Å². The van der Waals surface area contributed by atoms with E-state index in [1.54, 1.807) is 29.4 Å². The van der Waals surface area contributed by atoms with E-state index in [2.05, 4.69) is 13.8 Å². The average Bonchev–Trinajstić information content (AvgIpc) is 2.61. The van der Waals surface area contributed by atoms with Crippen LogP contribution in [0, 0.1) is 18.8 Å². The molecular weight excluding hydrogens is 348 g/mol. The zero-order valence-corrected chi connectivity index (χ0v) is 16.9. The van der Waals surface area contributed by atoms with Gasteiger partial charge in [0.2, 0.25) is 10.0 Å². The fourth-order valence-corrected chi connectivity index (χ4v) is 6.03. The molecule has 2 fully saturated rings. The van der Waals surface area contributed by atoms with Crippen molar-refractivity contribution in [2.24, 2.45) is 11.8 Å². The molecular formula is C20H30N2O3S. The summed E-state index contributed by atoms with van der Waals surface area (Å²) in [7, 11) is -3.54. The Morgan fingerprint density at radius 2 is 1.65 bits per heavy atom. The molecule has 3 rings (SSSR count). The molecule has 1 aromatic rings. The molecule has 0 spiro atoms. The number of carbonyl (C=O) groups is 1. The van der Waals surface area contributed by atoms with E-state index in [4.69, 9.17) is 0 Å². The summed E-state index contributed by atoms with van der Waals surface area (Å²) in [5.41, 5.74) is 1.18. The van der Waals surface area contributed by atoms with Crippen molar-refractivity contribution >= 4 is 15.9 Å². The SMILES string of the molecule is Cc1ccc(C(=O)N2C[C@@H](C)C[C@H](C)C2)cc1S(=O)(=O)N1CCCCC1. The monoisotopic (exact) mass is 378 g/mol. The van der Waals surface area contributed by atoms with E-state index in [9.17, 15) is 13.2 Å². The van der Waals surface area contributed by atoms with Crippen LogP contribution in [0.4, 0.5) is 0 Å². The normalized spacial score (nSPS) is 25.3. The number of hydrogen-bond acceptors (Lipinski definition) is 3. The van der Waals surface area contributed by atoms with Crippen LogP contribution < -0.4 is 0 Å². The first-order chi connectivity index (χ1) is 12.3. The number of amides is 1. The molecule has 0 N–H and O–H groups in total. The lowest BCUT2D eigenvalue weighted by molar-refractivity contribution is 0.0623. The van der Waals surface area contributed by atoms with Gasteiger partial charge in [-0.2, -0.15) is 4.31 Å². The van der Waals surface area contributed by atoms with Gasteiger partial charge in [0.25, 0.3) is 5.91 Å². The van der Waals surface area contributed by atoms with Crippen molar-refractivity contribution in [3.63, 3.8) is 0 Å². The number of carbonyl (C=O) groups excluding carboxylic acids is 1. The van der Waals surface area contributed by atoms with E-state index in [1.807, 2.05) is 4.90 Å². The van der Waals surface area contributed by atoms with Crippen molar-refractivity contribution in [2.75, 3.05) is 26.2 Å². The Labute approximate surface area is 157 Å². The van der Waals surface area contributed by atoms with Gasteiger partial charge in [-0.25, -0.2) is 8.42 Å². The fourth-order valence-electron chi connectivity index (χ4n) is 4.27. The molecule has 2 aliphatic heterocycles. The molecule has 2 aliphatic rings. The van der Waals surface area contributed by atoms with Gasteiger partial charge in [0.15, 0.2) is 0 Å². The Morgan fingerprint density at radius 1 is 1.04 bits per heavy atom. The van der Waals surface area contributed by atoms with Crippen molar-refractivity contribution in [3.8, 4) is 0 Å². The number of sulfonamides is 1. The number of likely N-dealkylation sites (tertiary alicyclic amines) is 1. The third kappa shape index (κ3) is 3.96. The molecule has 5 nitrogen and oxygen atoms in total. The van der Waals surface area contributed by atoms with E-state index in [0.29, 0.717) is 36.1 Å². The van der Waals surface area contributed by atoms with E-state index in [-0.39, 0.29) is 10.8 Å². The molecule has 1 aromatic carbocycles. The van der Waals surface area contributed by atoms with Gasteiger partial charge in [-0.05, 0) is 55.7 Å². The Morgan fingerprint density at radius 3 is 2.27 bits per heavy atom. The molecule has 1 amide bonds. The summed E-state index contributed by atoms with van der Waals surface area (Å²) in [5.74, 6) is 0.896. The van der Waals surface area contributed by atoms with Crippen LogP contribution >= 0.6 is 0 Å². The zero-order chi connectivity index (χ0) is 18.9. The Balaban J connectivity index is 1.88. The van der Waals surface area contributed by atoms with E-state index in [0.717, 1.165) is 38.8 Å². The Kier molecular flexibility index (Phi) is 5.72. The number of nitrogens with zero attached hydrogens (tertiary/aromatic N) is 2. The molecule has 2 heterocycles. The minimum Gasteiger partial charge on any atom is -0.338 e. The molecule has 2 atom stereocenters. The second kappa shape index (κ2) is 7.69. The van der Waals surface area contributed by atoms with Crippen LogP contribution in [0.15, 0.2) is 23.1 Å². The molecule has 0 bridgehead atoms. The number of piperidine rings is 2. The quantitative estimate of drug-likeness (QED) is 0.811. The van der Waals surface area contributed by atoms with Crippen molar-refractivity contribution in [2.45, 2.75) is 51.3 Å². The summed E-state index contributed by atoms with van der Waals surface area (Å²) >= 11 is 0. The maximum atomic E-state index is 13.1. The summed E-state index contributed by atoms with van der Waals surface area (Å²) in [6, 6.07) is 5.11. The van der Waals surface area contributed by atoms with Gasteiger partial charge in [-0.1, -0.05) is 26.3 Å². The lowest BCUT2D eigenvalue weighted by Gasteiger charge is -2.35. The molecule has 0 aliphatic carbocycles. The molecule has 0 unspecified atom stereocenters. The maximum absolute atomic E-state index is 13.1. The van der Waals surface area contributed by atoms with Crippen LogP contribution in [0.1, 0.15) is 55.5 Å². The van der Waals surface area contributed by atoms with Crippen LogP contribution in [0.5, 0.6) is 0 Å². The van der Waals surface area contributed by atoms with E-state index >= 15 is 0 Å². The molecule has 2 saturated heterocycles. The smallest absolute Gasteiger partial charge is 0.253 e. The maximum Gasteiger partial charge on any atom is 0.253 e. The number of rotatable bonds is 3. The molecule has 26 heavy (non-hydrogen) atoms. The highest BCUT2D eigenvalue weighted by Crippen LogP contribution is 2.27. The standard InChI is InChI=1S/C20H30N2O3S/c1-15-11-16(2)14-21(13-15)20(23)18-8-7-17(3)19(12-18)26(24,25)22-9-5-4-6-10-22/h7-8,12,15-16H,4-6,9-11,13-14H2,1-3H3/t15-,16-/m0/s1. The predicted molar refractivity (Wildman–Crippen MR) is 103 cm³/mol. The van der Waals surface area contributed by atoms with Gasteiger partial charge in [0.1, 0.15) is 0 Å². The van der Waals surface area contributed by atoms with Gasteiger partial charge in [0.05, 0.1) is 4.90 Å². The van der Waals surface area contributed by atoms with Crippen LogP contribution in [0.25, 0.3) is 0 Å². The first-order valence-electron chi connectivity index (χ1n) is 9.69. The number of hydrogen-bond donors (Lipinski definition) is 0. The van der Waals surface area contributed by atoms with Crippen molar-refractivity contribution in [1.29, 1.82) is 0 Å². The Hall–Kier alpha value is -1.40. The third-order valence-electron chi connectivity index (χ3n) is 5.52. The first-order valence-corrected chi connectivity index (χ1v) is 11.1. The molecule has 0 saturated carbocycles. The Bertz CT molecular complexity index is 759. The molecule has 0 aromatic heterocycles. The number of benzene rings is 1. The minimum atomic E-state index is -3.54. The predicted octanol–water partition coefficient (Wildman–Crippen LogP) is 3.29. The van der Waals surface area contributed by atoms with Gasteiger partial charge in [-0.3, -0.25) is 4.79 Å². The lowest BCUT2D eigenvalue weighted by Crippen LogP contribution is -2.42. The van der Waals surface area contributed by atoms with Crippen LogP contribution in [-0.2, 0) is 10.0 Å². The topological polar surface area (TPSA) is 57.7 Å². The highest BCUT2D eigenvalue weighted by Gasteiger charge is 2.30. The van der Waals surface area contributed by atoms with Crippen LogP contribution in [0.2, 0.25) is 0 Å². The average molecular weight is 379 g/mol. The summed E-state index contributed by atoms with van der Waals surface area (Å²) < 4.78 is 27.7. The lowest BCUT2D eigenvalue weighted by atomic mass is 9.91. The zero-order valence-electron chi connectivity index (χ0n) is 16.1. The summed E-state index contributed by atoms with van der Waals surface area (Å²) in [6.45, 7) is 8.75. The van der Waals surface area contributed by atoms with Gasteiger partial charge >= 0.3 is 0 Å². The summed E-state index contributed by atoms with van der Waals surface area (Å²) in [4.78, 5) is 15.1.